The minimum atomic E-state index is -0.245. The molecule has 0 aliphatic carbocycles. The molecule has 1 atom stereocenters. The number of nitrogens with one attached hydrogen (secondary N) is 1. The van der Waals surface area contributed by atoms with Crippen LogP contribution in [-0.4, -0.2) is 7.05 Å². The summed E-state index contributed by atoms with van der Waals surface area (Å²) >= 11 is 6.12. The molecular weight excluding hydrogens is 285 g/mol. The second-order valence-electron chi connectivity index (χ2n) is 5.24. The van der Waals surface area contributed by atoms with Crippen LogP contribution in [0.4, 0.5) is 4.39 Å². The molecule has 2 aromatic carbocycles. The molecule has 0 bridgehead atoms. The van der Waals surface area contributed by atoms with Gasteiger partial charge < -0.3 is 5.32 Å². The van der Waals surface area contributed by atoms with Crippen LogP contribution in [0.25, 0.3) is 0 Å². The summed E-state index contributed by atoms with van der Waals surface area (Å²) in [7, 11) is 1.89. The smallest absolute Gasteiger partial charge is 0.127 e. The number of likely N-dealkylation sites (N-methyl/N-ethyl adjacent to an activating group) is 1. The molecule has 0 aliphatic rings. The number of benzene rings is 2. The average Bonchev–Trinajstić information content (AvgIpc) is 2.49. The van der Waals surface area contributed by atoms with Crippen molar-refractivity contribution in [3.63, 3.8) is 0 Å². The second kappa shape index (κ2) is 7.58. The van der Waals surface area contributed by atoms with Crippen molar-refractivity contribution in [2.75, 3.05) is 7.05 Å². The first-order valence-corrected chi connectivity index (χ1v) is 7.72. The molecular formula is C18H21ClFN. The van der Waals surface area contributed by atoms with Crippen molar-refractivity contribution in [2.24, 2.45) is 0 Å². The van der Waals surface area contributed by atoms with Crippen molar-refractivity contribution in [3.05, 3.63) is 70.0 Å². The van der Waals surface area contributed by atoms with E-state index < -0.39 is 0 Å². The standard InChI is InChI=1S/C18H21ClFN/c1-3-5-13-8-10-14(11-9-13)18(21-2)12-15-16(19)6-4-7-17(15)20/h4,6-11,18,21H,3,5,12H2,1-2H3. The van der Waals surface area contributed by atoms with Crippen molar-refractivity contribution in [3.8, 4) is 0 Å². The molecule has 0 saturated carbocycles. The van der Waals surface area contributed by atoms with Crippen molar-refractivity contribution >= 4 is 11.6 Å². The summed E-state index contributed by atoms with van der Waals surface area (Å²) in [6.45, 7) is 2.17. The van der Waals surface area contributed by atoms with Gasteiger partial charge in [-0.2, -0.15) is 0 Å². The number of hydrogen-bond acceptors (Lipinski definition) is 1. The molecule has 1 unspecified atom stereocenters. The number of halogens is 2. The predicted octanol–water partition coefficient (Wildman–Crippen LogP) is 4.93. The number of hydrogen-bond donors (Lipinski definition) is 1. The van der Waals surface area contributed by atoms with Gasteiger partial charge in [0.05, 0.1) is 0 Å². The third-order valence-electron chi connectivity index (χ3n) is 3.74. The van der Waals surface area contributed by atoms with Gasteiger partial charge in [0.2, 0.25) is 0 Å². The minimum absolute atomic E-state index is 0.0510. The molecule has 0 spiro atoms. The van der Waals surface area contributed by atoms with Gasteiger partial charge in [0.25, 0.3) is 0 Å². The Morgan fingerprint density at radius 2 is 1.86 bits per heavy atom. The van der Waals surface area contributed by atoms with Gasteiger partial charge >= 0.3 is 0 Å². The summed E-state index contributed by atoms with van der Waals surface area (Å²) in [4.78, 5) is 0. The van der Waals surface area contributed by atoms with E-state index in [4.69, 9.17) is 11.6 Å². The Morgan fingerprint density at radius 1 is 1.14 bits per heavy atom. The van der Waals surface area contributed by atoms with E-state index in [1.54, 1.807) is 12.1 Å². The van der Waals surface area contributed by atoms with Gasteiger partial charge in [0.1, 0.15) is 5.82 Å². The predicted molar refractivity (Wildman–Crippen MR) is 87.4 cm³/mol. The molecule has 0 fully saturated rings. The summed E-state index contributed by atoms with van der Waals surface area (Å²) in [5.74, 6) is -0.245. The molecule has 2 aromatic rings. The molecule has 21 heavy (non-hydrogen) atoms. The normalized spacial score (nSPS) is 12.4. The first-order valence-electron chi connectivity index (χ1n) is 7.34. The van der Waals surface area contributed by atoms with E-state index in [9.17, 15) is 4.39 Å². The Hall–Kier alpha value is -1.38. The van der Waals surface area contributed by atoms with E-state index in [2.05, 4.69) is 36.5 Å². The van der Waals surface area contributed by atoms with Gasteiger partial charge in [-0.25, -0.2) is 4.39 Å². The lowest BCUT2D eigenvalue weighted by atomic mass is 9.97. The van der Waals surface area contributed by atoms with Crippen LogP contribution in [0.1, 0.15) is 36.1 Å². The fourth-order valence-corrected chi connectivity index (χ4v) is 2.76. The average molecular weight is 306 g/mol. The van der Waals surface area contributed by atoms with Crippen molar-refractivity contribution in [1.29, 1.82) is 0 Å². The Morgan fingerprint density at radius 3 is 2.43 bits per heavy atom. The third kappa shape index (κ3) is 4.05. The van der Waals surface area contributed by atoms with Crippen LogP contribution in [0.2, 0.25) is 5.02 Å². The van der Waals surface area contributed by atoms with Gasteiger partial charge in [-0.05, 0) is 43.1 Å². The highest BCUT2D eigenvalue weighted by molar-refractivity contribution is 6.31. The highest BCUT2D eigenvalue weighted by atomic mass is 35.5. The van der Waals surface area contributed by atoms with Gasteiger partial charge in [0.15, 0.2) is 0 Å². The summed E-state index contributed by atoms with van der Waals surface area (Å²) in [5, 5.41) is 3.73. The van der Waals surface area contributed by atoms with E-state index >= 15 is 0 Å². The first-order chi connectivity index (χ1) is 10.2. The largest absolute Gasteiger partial charge is 0.313 e. The van der Waals surface area contributed by atoms with E-state index in [-0.39, 0.29) is 11.9 Å². The zero-order chi connectivity index (χ0) is 15.2. The maximum atomic E-state index is 13.9. The van der Waals surface area contributed by atoms with E-state index in [0.29, 0.717) is 17.0 Å². The van der Waals surface area contributed by atoms with E-state index in [0.717, 1.165) is 18.4 Å². The summed E-state index contributed by atoms with van der Waals surface area (Å²) in [6.07, 6.45) is 2.76. The van der Waals surface area contributed by atoms with E-state index in [1.807, 2.05) is 7.05 Å². The molecule has 0 radical (unpaired) electrons. The maximum absolute atomic E-state index is 13.9. The molecule has 1 N–H and O–H groups in total. The molecule has 1 nitrogen and oxygen atoms in total. The summed E-state index contributed by atoms with van der Waals surface area (Å²) < 4.78 is 13.9. The number of aryl methyl sites for hydroxylation is 1. The highest BCUT2D eigenvalue weighted by Crippen LogP contribution is 2.26. The fraction of sp³-hybridized carbons (Fsp3) is 0.333. The van der Waals surface area contributed by atoms with E-state index in [1.165, 1.54) is 11.6 Å². The van der Waals surface area contributed by atoms with Gasteiger partial charge in [0, 0.05) is 16.6 Å². The molecule has 0 aliphatic heterocycles. The van der Waals surface area contributed by atoms with Crippen LogP contribution in [0.5, 0.6) is 0 Å². The van der Waals surface area contributed by atoms with Gasteiger partial charge in [-0.15, -0.1) is 0 Å². The lowest BCUT2D eigenvalue weighted by Gasteiger charge is -2.18. The molecule has 0 heterocycles. The number of rotatable bonds is 6. The monoisotopic (exact) mass is 305 g/mol. The minimum Gasteiger partial charge on any atom is -0.313 e. The van der Waals surface area contributed by atoms with Crippen LogP contribution in [0, 0.1) is 5.82 Å². The Bertz CT molecular complexity index is 560. The Balaban J connectivity index is 2.19. The Kier molecular flexibility index (Phi) is 5.77. The zero-order valence-electron chi connectivity index (χ0n) is 12.5. The lowest BCUT2D eigenvalue weighted by molar-refractivity contribution is 0.554. The summed E-state index contributed by atoms with van der Waals surface area (Å²) in [5.41, 5.74) is 3.05. The molecule has 2 rings (SSSR count). The van der Waals surface area contributed by atoms with Crippen LogP contribution in [-0.2, 0) is 12.8 Å². The van der Waals surface area contributed by atoms with Gasteiger partial charge in [-0.3, -0.25) is 0 Å². The van der Waals surface area contributed by atoms with Crippen LogP contribution in [0.3, 0.4) is 0 Å². The molecule has 112 valence electrons. The molecule has 0 amide bonds. The third-order valence-corrected chi connectivity index (χ3v) is 4.09. The Labute approximate surface area is 131 Å². The topological polar surface area (TPSA) is 12.0 Å². The highest BCUT2D eigenvalue weighted by Gasteiger charge is 2.15. The van der Waals surface area contributed by atoms with Crippen molar-refractivity contribution < 1.29 is 4.39 Å². The second-order valence-corrected chi connectivity index (χ2v) is 5.64. The van der Waals surface area contributed by atoms with Gasteiger partial charge in [-0.1, -0.05) is 55.3 Å². The van der Waals surface area contributed by atoms with Crippen LogP contribution in [0.15, 0.2) is 42.5 Å². The van der Waals surface area contributed by atoms with Crippen molar-refractivity contribution in [1.82, 2.24) is 5.32 Å². The molecule has 3 heteroatoms. The van der Waals surface area contributed by atoms with Crippen LogP contribution < -0.4 is 5.32 Å². The fourth-order valence-electron chi connectivity index (χ4n) is 2.52. The lowest BCUT2D eigenvalue weighted by Crippen LogP contribution is -2.19. The van der Waals surface area contributed by atoms with Crippen LogP contribution >= 0.6 is 11.6 Å². The SMILES string of the molecule is CCCc1ccc(C(Cc2c(F)cccc2Cl)NC)cc1. The maximum Gasteiger partial charge on any atom is 0.127 e. The quantitative estimate of drug-likeness (QED) is 0.797. The van der Waals surface area contributed by atoms with Crippen molar-refractivity contribution in [2.45, 2.75) is 32.2 Å². The molecule has 0 saturated heterocycles. The first kappa shape index (κ1) is 16.0. The zero-order valence-corrected chi connectivity index (χ0v) is 13.3. The molecule has 0 aromatic heterocycles. The summed E-state index contributed by atoms with van der Waals surface area (Å²) in [6, 6.07) is 13.4.